The van der Waals surface area contributed by atoms with Gasteiger partial charge in [0.05, 0.1) is 10.7 Å². The fourth-order valence-electron chi connectivity index (χ4n) is 1.05. The van der Waals surface area contributed by atoms with Gasteiger partial charge in [0.15, 0.2) is 0 Å². The quantitative estimate of drug-likeness (QED) is 0.592. The van der Waals surface area contributed by atoms with Crippen molar-refractivity contribution in [2.75, 3.05) is 14.1 Å². The Bertz CT molecular complexity index is 218. The van der Waals surface area contributed by atoms with Crippen molar-refractivity contribution in [3.05, 3.63) is 22.6 Å². The molecular formula is C8H11ClFN. The van der Waals surface area contributed by atoms with Crippen molar-refractivity contribution in [2.24, 2.45) is 0 Å². The lowest BCUT2D eigenvalue weighted by Gasteiger charge is -2.20. The van der Waals surface area contributed by atoms with Crippen molar-refractivity contribution < 1.29 is 4.39 Å². The van der Waals surface area contributed by atoms with Crippen molar-refractivity contribution in [1.82, 2.24) is 4.90 Å². The van der Waals surface area contributed by atoms with Crippen LogP contribution in [0.2, 0.25) is 0 Å². The third-order valence-corrected chi connectivity index (χ3v) is 2.05. The van der Waals surface area contributed by atoms with Crippen LogP contribution >= 0.6 is 11.6 Å². The van der Waals surface area contributed by atoms with Gasteiger partial charge in [0, 0.05) is 20.5 Å². The van der Waals surface area contributed by atoms with Gasteiger partial charge in [0.25, 0.3) is 0 Å². The molecule has 0 saturated carbocycles. The highest BCUT2D eigenvalue weighted by Gasteiger charge is 2.14. The SMILES string of the molecule is CN(C)C1=CCCC(F)=C1Cl. The van der Waals surface area contributed by atoms with Gasteiger partial charge in [-0.05, 0) is 6.42 Å². The third-order valence-electron chi connectivity index (χ3n) is 1.65. The number of hydrogen-bond donors (Lipinski definition) is 0. The van der Waals surface area contributed by atoms with Crippen LogP contribution in [-0.4, -0.2) is 19.0 Å². The topological polar surface area (TPSA) is 3.24 Å². The summed E-state index contributed by atoms with van der Waals surface area (Å²) in [6.07, 6.45) is 3.14. The molecule has 0 bridgehead atoms. The lowest BCUT2D eigenvalue weighted by atomic mass is 10.1. The Balaban J connectivity index is 2.89. The van der Waals surface area contributed by atoms with Gasteiger partial charge in [0.1, 0.15) is 5.83 Å². The van der Waals surface area contributed by atoms with Gasteiger partial charge in [-0.2, -0.15) is 0 Å². The van der Waals surface area contributed by atoms with Gasteiger partial charge in [-0.25, -0.2) is 4.39 Å². The molecule has 0 aliphatic heterocycles. The summed E-state index contributed by atoms with van der Waals surface area (Å²) < 4.78 is 12.9. The first-order valence-corrected chi connectivity index (χ1v) is 3.92. The Kier molecular flexibility index (Phi) is 2.55. The normalized spacial score (nSPS) is 18.4. The second-order valence-electron chi connectivity index (χ2n) is 2.74. The standard InChI is InChI=1S/C8H11ClFN/c1-11(2)7-5-3-4-6(10)8(7)9/h5H,3-4H2,1-2H3. The molecule has 11 heavy (non-hydrogen) atoms. The predicted octanol–water partition coefficient (Wildman–Crippen LogP) is 2.65. The molecule has 62 valence electrons. The molecule has 0 heterocycles. The monoisotopic (exact) mass is 175 g/mol. The molecule has 0 unspecified atom stereocenters. The van der Waals surface area contributed by atoms with E-state index in [-0.39, 0.29) is 10.9 Å². The summed E-state index contributed by atoms with van der Waals surface area (Å²) in [4.78, 5) is 1.82. The van der Waals surface area contributed by atoms with Crippen molar-refractivity contribution >= 4 is 11.6 Å². The number of likely N-dealkylation sites (N-methyl/N-ethyl adjacent to an activating group) is 1. The minimum absolute atomic E-state index is 0.196. The fourth-order valence-corrected chi connectivity index (χ4v) is 1.39. The Morgan fingerprint density at radius 1 is 1.55 bits per heavy atom. The maximum absolute atomic E-state index is 12.9. The van der Waals surface area contributed by atoms with Crippen LogP contribution in [0.4, 0.5) is 4.39 Å². The molecule has 0 atom stereocenters. The molecule has 0 spiro atoms. The highest BCUT2D eigenvalue weighted by molar-refractivity contribution is 6.32. The van der Waals surface area contributed by atoms with E-state index in [1.807, 2.05) is 25.1 Å². The Hall–Kier alpha value is -0.500. The van der Waals surface area contributed by atoms with E-state index < -0.39 is 0 Å². The largest absolute Gasteiger partial charge is 0.377 e. The molecule has 0 aromatic carbocycles. The van der Waals surface area contributed by atoms with Gasteiger partial charge >= 0.3 is 0 Å². The molecule has 0 amide bonds. The van der Waals surface area contributed by atoms with Crippen LogP contribution in [0, 0.1) is 0 Å². The van der Waals surface area contributed by atoms with Gasteiger partial charge in [-0.15, -0.1) is 0 Å². The second kappa shape index (κ2) is 3.26. The first-order chi connectivity index (χ1) is 5.13. The molecule has 1 rings (SSSR count). The molecule has 3 heteroatoms. The van der Waals surface area contributed by atoms with Gasteiger partial charge in [0.2, 0.25) is 0 Å². The smallest absolute Gasteiger partial charge is 0.121 e. The lowest BCUT2D eigenvalue weighted by molar-refractivity contribution is 0.498. The molecule has 1 nitrogen and oxygen atoms in total. The number of rotatable bonds is 1. The van der Waals surface area contributed by atoms with Crippen molar-refractivity contribution in [2.45, 2.75) is 12.8 Å². The van der Waals surface area contributed by atoms with Crippen LogP contribution < -0.4 is 0 Å². The Morgan fingerprint density at radius 3 is 2.64 bits per heavy atom. The van der Waals surface area contributed by atoms with E-state index in [2.05, 4.69) is 0 Å². The summed E-state index contributed by atoms with van der Waals surface area (Å²) in [7, 11) is 3.71. The van der Waals surface area contributed by atoms with Crippen LogP contribution in [0.3, 0.4) is 0 Å². The highest BCUT2D eigenvalue weighted by Crippen LogP contribution is 2.29. The van der Waals surface area contributed by atoms with E-state index in [0.717, 1.165) is 12.1 Å². The summed E-state index contributed by atoms with van der Waals surface area (Å²) in [6, 6.07) is 0. The van der Waals surface area contributed by atoms with Gasteiger partial charge < -0.3 is 4.90 Å². The molecule has 1 aliphatic rings. The molecule has 0 radical (unpaired) electrons. The molecule has 0 fully saturated rings. The van der Waals surface area contributed by atoms with Crippen molar-refractivity contribution in [3.63, 3.8) is 0 Å². The summed E-state index contributed by atoms with van der Waals surface area (Å²) in [5.41, 5.74) is 0.787. The van der Waals surface area contributed by atoms with E-state index in [0.29, 0.717) is 6.42 Å². The van der Waals surface area contributed by atoms with Crippen LogP contribution in [0.25, 0.3) is 0 Å². The average molecular weight is 176 g/mol. The summed E-state index contributed by atoms with van der Waals surface area (Å²) >= 11 is 5.72. The molecule has 0 aromatic rings. The average Bonchev–Trinajstić information content (AvgIpc) is 1.94. The lowest BCUT2D eigenvalue weighted by Crippen LogP contribution is -2.13. The fraction of sp³-hybridized carbons (Fsp3) is 0.500. The molecule has 0 aromatic heterocycles. The second-order valence-corrected chi connectivity index (χ2v) is 3.12. The van der Waals surface area contributed by atoms with Gasteiger partial charge in [-0.1, -0.05) is 17.7 Å². The van der Waals surface area contributed by atoms with E-state index in [9.17, 15) is 4.39 Å². The zero-order valence-corrected chi connectivity index (χ0v) is 7.45. The number of halogens is 2. The summed E-state index contributed by atoms with van der Waals surface area (Å²) in [5, 5.41) is 0.265. The van der Waals surface area contributed by atoms with E-state index in [4.69, 9.17) is 11.6 Å². The van der Waals surface area contributed by atoms with Gasteiger partial charge in [-0.3, -0.25) is 0 Å². The third kappa shape index (κ3) is 1.74. The molecular weight excluding hydrogens is 165 g/mol. The maximum Gasteiger partial charge on any atom is 0.121 e. The van der Waals surface area contributed by atoms with Crippen LogP contribution in [0.5, 0.6) is 0 Å². The Morgan fingerprint density at radius 2 is 2.18 bits per heavy atom. The van der Waals surface area contributed by atoms with Crippen molar-refractivity contribution in [3.8, 4) is 0 Å². The minimum Gasteiger partial charge on any atom is -0.377 e. The van der Waals surface area contributed by atoms with E-state index in [1.54, 1.807) is 0 Å². The zero-order valence-electron chi connectivity index (χ0n) is 6.69. The van der Waals surface area contributed by atoms with E-state index in [1.165, 1.54) is 0 Å². The number of nitrogens with zero attached hydrogens (tertiary/aromatic N) is 1. The van der Waals surface area contributed by atoms with Crippen molar-refractivity contribution in [1.29, 1.82) is 0 Å². The van der Waals surface area contributed by atoms with Crippen LogP contribution in [0.1, 0.15) is 12.8 Å². The summed E-state index contributed by atoms with van der Waals surface area (Å²) in [5.74, 6) is -0.196. The minimum atomic E-state index is -0.196. The maximum atomic E-state index is 12.9. The van der Waals surface area contributed by atoms with Crippen LogP contribution in [-0.2, 0) is 0 Å². The number of allylic oxidation sites excluding steroid dienone is 3. The predicted molar refractivity (Wildman–Crippen MR) is 45.0 cm³/mol. The zero-order chi connectivity index (χ0) is 8.43. The van der Waals surface area contributed by atoms with Crippen LogP contribution in [0.15, 0.2) is 22.6 Å². The summed E-state index contributed by atoms with van der Waals surface area (Å²) in [6.45, 7) is 0. The Labute approximate surface area is 71.1 Å². The molecule has 0 N–H and O–H groups in total. The first-order valence-electron chi connectivity index (χ1n) is 3.55. The molecule has 1 aliphatic carbocycles. The number of hydrogen-bond acceptors (Lipinski definition) is 1. The molecule has 0 saturated heterocycles. The highest BCUT2D eigenvalue weighted by atomic mass is 35.5. The first kappa shape index (κ1) is 8.60. The van der Waals surface area contributed by atoms with E-state index >= 15 is 0 Å².